The van der Waals surface area contributed by atoms with Crippen LogP contribution >= 0.6 is 11.8 Å². The quantitative estimate of drug-likeness (QED) is 0.684. The minimum absolute atomic E-state index is 0.282. The third-order valence-corrected chi connectivity index (χ3v) is 3.88. The maximum Gasteiger partial charge on any atom is 0.322 e. The second kappa shape index (κ2) is 7.99. The number of rotatable bonds is 7. The first-order chi connectivity index (χ1) is 6.99. The van der Waals surface area contributed by atoms with E-state index in [0.29, 0.717) is 24.2 Å². The zero-order valence-corrected chi connectivity index (χ0v) is 11.0. The number of esters is 1. The molecule has 0 aliphatic carbocycles. The summed E-state index contributed by atoms with van der Waals surface area (Å²) in [4.78, 5) is 11.2. The SMILES string of the molecule is CCOC(=O)C(N)CCSC(C)C(C)C. The highest BCUT2D eigenvalue weighted by Crippen LogP contribution is 2.19. The molecule has 0 bridgehead atoms. The van der Waals surface area contributed by atoms with Crippen molar-refractivity contribution in [3.63, 3.8) is 0 Å². The summed E-state index contributed by atoms with van der Waals surface area (Å²) in [6.45, 7) is 8.79. The highest BCUT2D eigenvalue weighted by Gasteiger charge is 2.15. The number of hydrogen-bond acceptors (Lipinski definition) is 4. The molecule has 0 aliphatic rings. The first kappa shape index (κ1) is 14.8. The molecule has 2 N–H and O–H groups in total. The van der Waals surface area contributed by atoms with E-state index >= 15 is 0 Å². The van der Waals surface area contributed by atoms with Gasteiger partial charge >= 0.3 is 5.97 Å². The fourth-order valence-electron chi connectivity index (χ4n) is 0.940. The molecule has 0 heterocycles. The molecule has 2 atom stereocenters. The molecule has 0 aromatic carbocycles. The van der Waals surface area contributed by atoms with Crippen molar-refractivity contribution in [2.45, 2.75) is 45.4 Å². The largest absolute Gasteiger partial charge is 0.465 e. The molecule has 0 saturated heterocycles. The Kier molecular flexibility index (Phi) is 7.88. The van der Waals surface area contributed by atoms with E-state index in [4.69, 9.17) is 10.5 Å². The predicted molar refractivity (Wildman–Crippen MR) is 66.0 cm³/mol. The lowest BCUT2D eigenvalue weighted by molar-refractivity contribution is -0.144. The van der Waals surface area contributed by atoms with Gasteiger partial charge < -0.3 is 10.5 Å². The monoisotopic (exact) mass is 233 g/mol. The smallest absolute Gasteiger partial charge is 0.322 e. The third-order valence-electron chi connectivity index (χ3n) is 2.34. The molecule has 2 unspecified atom stereocenters. The van der Waals surface area contributed by atoms with Crippen LogP contribution in [0.25, 0.3) is 0 Å². The molecule has 3 nitrogen and oxygen atoms in total. The standard InChI is InChI=1S/C11H23NO2S/c1-5-14-11(13)10(12)6-7-15-9(4)8(2)3/h8-10H,5-7,12H2,1-4H3. The van der Waals surface area contributed by atoms with Crippen molar-refractivity contribution < 1.29 is 9.53 Å². The summed E-state index contributed by atoms with van der Waals surface area (Å²) in [6, 6.07) is -0.461. The first-order valence-corrected chi connectivity index (χ1v) is 6.57. The Morgan fingerprint density at radius 2 is 2.00 bits per heavy atom. The lowest BCUT2D eigenvalue weighted by atomic mass is 10.2. The topological polar surface area (TPSA) is 52.3 Å². The third kappa shape index (κ3) is 6.79. The Balaban J connectivity index is 3.63. The Bertz CT molecular complexity index is 185. The molecule has 0 saturated carbocycles. The van der Waals surface area contributed by atoms with Crippen molar-refractivity contribution in [1.82, 2.24) is 0 Å². The van der Waals surface area contributed by atoms with Crippen molar-refractivity contribution in [2.24, 2.45) is 11.7 Å². The van der Waals surface area contributed by atoms with E-state index in [0.717, 1.165) is 5.75 Å². The average Bonchev–Trinajstić information content (AvgIpc) is 2.17. The highest BCUT2D eigenvalue weighted by molar-refractivity contribution is 7.99. The van der Waals surface area contributed by atoms with E-state index in [9.17, 15) is 4.79 Å². The van der Waals surface area contributed by atoms with E-state index in [1.165, 1.54) is 0 Å². The van der Waals surface area contributed by atoms with Crippen molar-refractivity contribution in [2.75, 3.05) is 12.4 Å². The van der Waals surface area contributed by atoms with Crippen molar-refractivity contribution in [3.8, 4) is 0 Å². The second-order valence-electron chi connectivity index (χ2n) is 3.97. The van der Waals surface area contributed by atoms with Gasteiger partial charge in [-0.15, -0.1) is 0 Å². The van der Waals surface area contributed by atoms with Crippen LogP contribution in [0.5, 0.6) is 0 Å². The number of ether oxygens (including phenoxy) is 1. The zero-order valence-electron chi connectivity index (χ0n) is 10.2. The highest BCUT2D eigenvalue weighted by atomic mass is 32.2. The van der Waals surface area contributed by atoms with Crippen LogP contribution in [0, 0.1) is 5.92 Å². The fourth-order valence-corrected chi connectivity index (χ4v) is 2.09. The number of carbonyl (C=O) groups is 1. The minimum atomic E-state index is -0.461. The molecule has 0 radical (unpaired) electrons. The number of thioether (sulfide) groups is 1. The van der Waals surface area contributed by atoms with Crippen LogP contribution < -0.4 is 5.73 Å². The molecule has 4 heteroatoms. The van der Waals surface area contributed by atoms with Crippen LogP contribution in [0.4, 0.5) is 0 Å². The Hall–Kier alpha value is -0.220. The summed E-state index contributed by atoms with van der Waals surface area (Å²) in [6.07, 6.45) is 0.695. The van der Waals surface area contributed by atoms with E-state index in [1.807, 2.05) is 11.8 Å². The minimum Gasteiger partial charge on any atom is -0.465 e. The van der Waals surface area contributed by atoms with E-state index in [2.05, 4.69) is 20.8 Å². The van der Waals surface area contributed by atoms with E-state index in [-0.39, 0.29) is 5.97 Å². The van der Waals surface area contributed by atoms with Crippen LogP contribution in [-0.2, 0) is 9.53 Å². The van der Waals surface area contributed by atoms with Crippen LogP contribution in [0.3, 0.4) is 0 Å². The van der Waals surface area contributed by atoms with E-state index in [1.54, 1.807) is 6.92 Å². The van der Waals surface area contributed by atoms with Gasteiger partial charge in [-0.25, -0.2) is 0 Å². The molecular formula is C11H23NO2S. The van der Waals surface area contributed by atoms with Crippen LogP contribution in [-0.4, -0.2) is 29.6 Å². The summed E-state index contributed by atoms with van der Waals surface area (Å²) in [5, 5.41) is 0.611. The maximum atomic E-state index is 11.2. The molecular weight excluding hydrogens is 210 g/mol. The molecule has 0 aliphatic heterocycles. The van der Waals surface area contributed by atoms with Gasteiger partial charge in [-0.3, -0.25) is 4.79 Å². The number of nitrogens with two attached hydrogens (primary N) is 1. The predicted octanol–water partition coefficient (Wildman–Crippen LogP) is 2.04. The van der Waals surface area contributed by atoms with Gasteiger partial charge in [0.1, 0.15) is 6.04 Å². The second-order valence-corrected chi connectivity index (χ2v) is 5.45. The molecule has 0 rings (SSSR count). The molecule has 0 aromatic rings. The summed E-state index contributed by atoms with van der Waals surface area (Å²) < 4.78 is 4.84. The van der Waals surface area contributed by atoms with Gasteiger partial charge in [0.25, 0.3) is 0 Å². The van der Waals surface area contributed by atoms with E-state index < -0.39 is 6.04 Å². The van der Waals surface area contributed by atoms with Crippen LogP contribution in [0.15, 0.2) is 0 Å². The Morgan fingerprint density at radius 3 is 2.47 bits per heavy atom. The Labute approximate surface area is 97.1 Å². The summed E-state index contributed by atoms with van der Waals surface area (Å²) in [5.74, 6) is 1.29. The fraction of sp³-hybridized carbons (Fsp3) is 0.909. The van der Waals surface area contributed by atoms with Gasteiger partial charge in [0.05, 0.1) is 6.61 Å². The molecule has 90 valence electrons. The summed E-state index contributed by atoms with van der Waals surface area (Å²) in [7, 11) is 0. The molecule has 0 fully saturated rings. The lowest BCUT2D eigenvalue weighted by Crippen LogP contribution is -2.33. The lowest BCUT2D eigenvalue weighted by Gasteiger charge is -2.16. The first-order valence-electron chi connectivity index (χ1n) is 5.52. The molecule has 0 amide bonds. The van der Waals surface area contributed by atoms with Gasteiger partial charge in [0.15, 0.2) is 0 Å². The van der Waals surface area contributed by atoms with Gasteiger partial charge in [0, 0.05) is 5.25 Å². The summed E-state index contributed by atoms with van der Waals surface area (Å²) >= 11 is 1.86. The zero-order chi connectivity index (χ0) is 11.8. The van der Waals surface area contributed by atoms with Crippen LogP contribution in [0.2, 0.25) is 0 Å². The van der Waals surface area contributed by atoms with Gasteiger partial charge in [-0.05, 0) is 25.0 Å². The maximum absolute atomic E-state index is 11.2. The van der Waals surface area contributed by atoms with Gasteiger partial charge in [-0.2, -0.15) is 11.8 Å². The van der Waals surface area contributed by atoms with Gasteiger partial charge in [-0.1, -0.05) is 20.8 Å². The van der Waals surface area contributed by atoms with Crippen molar-refractivity contribution in [3.05, 3.63) is 0 Å². The van der Waals surface area contributed by atoms with Crippen molar-refractivity contribution >= 4 is 17.7 Å². The normalized spacial score (nSPS) is 15.1. The molecule has 0 spiro atoms. The van der Waals surface area contributed by atoms with Gasteiger partial charge in [0.2, 0.25) is 0 Å². The molecule has 15 heavy (non-hydrogen) atoms. The average molecular weight is 233 g/mol. The molecule has 0 aromatic heterocycles. The van der Waals surface area contributed by atoms with Crippen molar-refractivity contribution in [1.29, 1.82) is 0 Å². The number of hydrogen-bond donors (Lipinski definition) is 1. The Morgan fingerprint density at radius 1 is 1.40 bits per heavy atom. The number of carbonyl (C=O) groups excluding carboxylic acids is 1. The van der Waals surface area contributed by atoms with Crippen LogP contribution in [0.1, 0.15) is 34.1 Å². The summed E-state index contributed by atoms with van der Waals surface area (Å²) in [5.41, 5.74) is 5.68.